The predicted octanol–water partition coefficient (Wildman–Crippen LogP) is 3.59. The molecule has 0 amide bonds. The minimum Gasteiger partial charge on any atom is -0.504 e. The Hall–Kier alpha value is -3.85. The van der Waals surface area contributed by atoms with Gasteiger partial charge in [0.15, 0.2) is 29.1 Å². The van der Waals surface area contributed by atoms with E-state index in [2.05, 4.69) is 17.1 Å². The number of ketones is 1. The summed E-state index contributed by atoms with van der Waals surface area (Å²) in [5.74, 6) is -0.759. The number of carbonyl (C=O) groups excluding carboxylic acids is 2. The molecule has 0 saturated carbocycles. The van der Waals surface area contributed by atoms with E-state index in [1.807, 2.05) is 37.3 Å². The lowest BCUT2D eigenvalue weighted by molar-refractivity contribution is -0.146. The van der Waals surface area contributed by atoms with Crippen molar-refractivity contribution in [2.45, 2.75) is 43.7 Å². The van der Waals surface area contributed by atoms with Gasteiger partial charge in [-0.05, 0) is 51.1 Å². The quantitative estimate of drug-likeness (QED) is 0.567. The fourth-order valence-corrected chi connectivity index (χ4v) is 7.31. The Labute approximate surface area is 233 Å². The molecule has 210 valence electrons. The highest BCUT2D eigenvalue weighted by molar-refractivity contribution is 6.13. The second kappa shape index (κ2) is 9.66. The van der Waals surface area contributed by atoms with Gasteiger partial charge < -0.3 is 29.1 Å². The largest absolute Gasteiger partial charge is 0.504 e. The average molecular weight is 547 g/mol. The monoisotopic (exact) mass is 546 g/mol. The molecule has 2 aromatic carbocycles. The van der Waals surface area contributed by atoms with Crippen LogP contribution in [0.15, 0.2) is 47.3 Å². The molecule has 1 fully saturated rings. The Morgan fingerprint density at radius 1 is 1.18 bits per heavy atom. The van der Waals surface area contributed by atoms with Gasteiger partial charge in [0.25, 0.3) is 0 Å². The summed E-state index contributed by atoms with van der Waals surface area (Å²) >= 11 is 0. The molecular formula is C31H34N2O7. The molecule has 2 heterocycles. The van der Waals surface area contributed by atoms with Crippen LogP contribution in [0.1, 0.15) is 46.8 Å². The summed E-state index contributed by atoms with van der Waals surface area (Å²) in [7, 11) is 6.46. The van der Waals surface area contributed by atoms with Crippen LogP contribution in [0.25, 0.3) is 0 Å². The third-order valence-electron chi connectivity index (χ3n) is 9.34. The van der Waals surface area contributed by atoms with Crippen LogP contribution >= 0.6 is 0 Å². The van der Waals surface area contributed by atoms with E-state index < -0.39 is 23.4 Å². The van der Waals surface area contributed by atoms with Crippen LogP contribution in [0, 0.1) is 18.8 Å². The van der Waals surface area contributed by atoms with Crippen LogP contribution in [-0.2, 0) is 35.7 Å². The number of nitrogens with zero attached hydrogens (tertiary/aromatic N) is 2. The number of rotatable bonds is 5. The van der Waals surface area contributed by atoms with E-state index in [0.29, 0.717) is 35.4 Å². The zero-order valence-electron chi connectivity index (χ0n) is 23.4. The van der Waals surface area contributed by atoms with Crippen LogP contribution in [0.2, 0.25) is 0 Å². The summed E-state index contributed by atoms with van der Waals surface area (Å²) in [6, 6.07) is 9.56. The number of hydrogen-bond donors (Lipinski definition) is 1. The maximum atomic E-state index is 13.3. The molecule has 0 radical (unpaired) electrons. The lowest BCUT2D eigenvalue weighted by Gasteiger charge is -2.57. The Balaban J connectivity index is 1.55. The van der Waals surface area contributed by atoms with E-state index >= 15 is 0 Å². The third-order valence-corrected chi connectivity index (χ3v) is 9.34. The number of fused-ring (bicyclic) bond motifs is 1. The number of likely N-dealkylation sites (tertiary alicyclic amines) is 1. The maximum absolute atomic E-state index is 13.3. The Bertz CT molecular complexity index is 1450. The number of Topliss-reactive ketones (excluding diaryl/α,β-unsaturated/α-hetero) is 1. The second-order valence-corrected chi connectivity index (χ2v) is 11.3. The fourth-order valence-electron chi connectivity index (χ4n) is 7.31. The molecule has 0 aromatic heterocycles. The molecule has 2 bridgehead atoms. The number of oxime groups is 1. The van der Waals surface area contributed by atoms with Gasteiger partial charge in [-0.25, -0.2) is 0 Å². The first kappa shape index (κ1) is 26.4. The standard InChI is InChI=1S/C31H34N2O7/c1-16-6-8-17(9-7-16)27-25(30(36)39-5)29(40-32-27)19-13-24(38-4)28(35)26-18(19)12-21-20-14-23(37-3)22(34)15-31(20,26)10-11-33(21)2/h6-9,13-14,20-21,25,29,35H,10-12,15H2,1-5H3/t20-,21+,25+,29-,31-/m0/s1. The maximum Gasteiger partial charge on any atom is 0.319 e. The Morgan fingerprint density at radius 2 is 1.93 bits per heavy atom. The summed E-state index contributed by atoms with van der Waals surface area (Å²) in [5, 5.41) is 16.0. The first-order valence-corrected chi connectivity index (χ1v) is 13.5. The number of aryl methyl sites for hydroxylation is 1. The van der Waals surface area contributed by atoms with Crippen molar-refractivity contribution >= 4 is 17.5 Å². The van der Waals surface area contributed by atoms with Gasteiger partial charge in [0.1, 0.15) is 11.6 Å². The SMILES string of the molecule is COC(=O)[C@@H]1C(c2ccc(C)cc2)=NO[C@H]1c1cc(OC)c(O)c2c1C[C@@H]1[C@@H]3C=C(OC)C(=O)C[C@]23CCN1C. The van der Waals surface area contributed by atoms with Gasteiger partial charge in [0.05, 0.1) is 21.3 Å². The molecule has 9 nitrogen and oxygen atoms in total. The van der Waals surface area contributed by atoms with Crippen molar-refractivity contribution in [3.05, 3.63) is 70.0 Å². The molecule has 6 rings (SSSR count). The molecule has 0 spiro atoms. The van der Waals surface area contributed by atoms with Crippen molar-refractivity contribution < 1.29 is 33.7 Å². The van der Waals surface area contributed by atoms with E-state index in [-0.39, 0.29) is 35.7 Å². The Kier molecular flexibility index (Phi) is 6.37. The highest BCUT2D eigenvalue weighted by Crippen LogP contribution is 2.59. The highest BCUT2D eigenvalue weighted by atomic mass is 16.6. The van der Waals surface area contributed by atoms with E-state index in [1.165, 1.54) is 21.3 Å². The van der Waals surface area contributed by atoms with Crippen LogP contribution in [0.5, 0.6) is 11.5 Å². The Morgan fingerprint density at radius 3 is 2.60 bits per heavy atom. The number of carbonyl (C=O) groups is 2. The smallest absolute Gasteiger partial charge is 0.319 e. The number of phenols is 1. The molecule has 1 N–H and O–H groups in total. The zero-order chi connectivity index (χ0) is 28.3. The van der Waals surface area contributed by atoms with Gasteiger partial charge in [0, 0.05) is 40.5 Å². The summed E-state index contributed by atoms with van der Waals surface area (Å²) in [6.45, 7) is 2.77. The fraction of sp³-hybridized carbons (Fsp3) is 0.452. The van der Waals surface area contributed by atoms with E-state index in [1.54, 1.807) is 6.07 Å². The van der Waals surface area contributed by atoms with Gasteiger partial charge in [-0.3, -0.25) is 9.59 Å². The van der Waals surface area contributed by atoms with Gasteiger partial charge in [-0.1, -0.05) is 35.0 Å². The van der Waals surface area contributed by atoms with Crippen molar-refractivity contribution in [1.82, 2.24) is 4.90 Å². The predicted molar refractivity (Wildman–Crippen MR) is 146 cm³/mol. The van der Waals surface area contributed by atoms with Crippen LogP contribution < -0.4 is 4.74 Å². The molecular weight excluding hydrogens is 512 g/mol. The van der Waals surface area contributed by atoms with Crippen molar-refractivity contribution in [3.63, 3.8) is 0 Å². The average Bonchev–Trinajstić information content (AvgIpc) is 3.39. The summed E-state index contributed by atoms with van der Waals surface area (Å²) < 4.78 is 16.4. The third kappa shape index (κ3) is 3.74. The molecule has 40 heavy (non-hydrogen) atoms. The summed E-state index contributed by atoms with van der Waals surface area (Å²) in [5.41, 5.74) is 3.98. The van der Waals surface area contributed by atoms with Gasteiger partial charge in [-0.15, -0.1) is 0 Å². The highest BCUT2D eigenvalue weighted by Gasteiger charge is 2.58. The van der Waals surface area contributed by atoms with Gasteiger partial charge in [-0.2, -0.15) is 0 Å². The topological polar surface area (TPSA) is 107 Å². The normalized spacial score (nSPS) is 29.0. The number of phenolic OH excluding ortho intramolecular Hbond substituents is 1. The van der Waals surface area contributed by atoms with Crippen molar-refractivity contribution in [2.75, 3.05) is 34.9 Å². The van der Waals surface area contributed by atoms with Gasteiger partial charge in [0.2, 0.25) is 0 Å². The lowest BCUT2D eigenvalue weighted by atomic mass is 9.53. The number of allylic oxidation sites excluding steroid dienone is 1. The molecule has 4 aliphatic rings. The zero-order valence-corrected chi connectivity index (χ0v) is 23.4. The molecule has 1 saturated heterocycles. The minimum atomic E-state index is -0.827. The molecule has 2 aromatic rings. The van der Waals surface area contributed by atoms with Crippen molar-refractivity contribution in [1.29, 1.82) is 0 Å². The number of likely N-dealkylation sites (N-methyl/N-ethyl adjacent to an activating group) is 1. The second-order valence-electron chi connectivity index (χ2n) is 11.3. The van der Waals surface area contributed by atoms with Crippen molar-refractivity contribution in [3.8, 4) is 11.5 Å². The molecule has 5 atom stereocenters. The number of esters is 1. The van der Waals surface area contributed by atoms with Crippen LogP contribution in [0.4, 0.5) is 0 Å². The first-order chi connectivity index (χ1) is 19.2. The number of hydrogen-bond acceptors (Lipinski definition) is 9. The molecule has 2 aliphatic carbocycles. The number of methoxy groups -OCH3 is 3. The number of aromatic hydroxyl groups is 1. The van der Waals surface area contributed by atoms with Gasteiger partial charge >= 0.3 is 5.97 Å². The molecule has 0 unspecified atom stereocenters. The minimum absolute atomic E-state index is 0.0311. The lowest BCUT2D eigenvalue weighted by Crippen LogP contribution is -2.60. The molecule has 2 aliphatic heterocycles. The van der Waals surface area contributed by atoms with Crippen LogP contribution in [-0.4, -0.2) is 68.4 Å². The first-order valence-electron chi connectivity index (χ1n) is 13.5. The number of ether oxygens (including phenoxy) is 3. The summed E-state index contributed by atoms with van der Waals surface area (Å²) in [6.07, 6.45) is 2.62. The number of benzene rings is 2. The van der Waals surface area contributed by atoms with E-state index in [4.69, 9.17) is 19.0 Å². The van der Waals surface area contributed by atoms with Crippen molar-refractivity contribution in [2.24, 2.45) is 17.0 Å². The van der Waals surface area contributed by atoms with Crippen LogP contribution in [0.3, 0.4) is 0 Å². The summed E-state index contributed by atoms with van der Waals surface area (Å²) in [4.78, 5) is 34.9. The van der Waals surface area contributed by atoms with E-state index in [9.17, 15) is 14.7 Å². The van der Waals surface area contributed by atoms with E-state index in [0.717, 1.165) is 23.2 Å². The number of piperidine rings is 1. The molecule has 9 heteroatoms.